The number of carbonyl (C=O) groups is 1. The highest BCUT2D eigenvalue weighted by Gasteiger charge is 2.23. The first-order valence-electron chi connectivity index (χ1n) is 3.97. The van der Waals surface area contributed by atoms with Crippen LogP contribution < -0.4 is 0 Å². The molecule has 84 valence electrons. The summed E-state index contributed by atoms with van der Waals surface area (Å²) in [5.41, 5.74) is -0.942. The summed E-state index contributed by atoms with van der Waals surface area (Å²) in [5.74, 6) is -0.809. The van der Waals surface area contributed by atoms with Gasteiger partial charge in [-0.2, -0.15) is 5.26 Å². The van der Waals surface area contributed by atoms with Crippen molar-refractivity contribution in [1.82, 2.24) is 4.98 Å². The number of halogens is 3. The SMILES string of the molecule is COC(=O)c1ncc(C#N)c(C(F)F)c1I. The van der Waals surface area contributed by atoms with E-state index in [1.807, 2.05) is 0 Å². The summed E-state index contributed by atoms with van der Waals surface area (Å²) >= 11 is 1.55. The van der Waals surface area contributed by atoms with Crippen molar-refractivity contribution in [1.29, 1.82) is 5.26 Å². The van der Waals surface area contributed by atoms with Gasteiger partial charge in [0.05, 0.1) is 21.8 Å². The average Bonchev–Trinajstić information content (AvgIpc) is 2.26. The summed E-state index contributed by atoms with van der Waals surface area (Å²) in [7, 11) is 1.13. The van der Waals surface area contributed by atoms with Crippen molar-refractivity contribution < 1.29 is 18.3 Å². The molecule has 0 aromatic carbocycles. The molecule has 0 atom stereocenters. The minimum Gasteiger partial charge on any atom is -0.464 e. The van der Waals surface area contributed by atoms with Crippen molar-refractivity contribution in [2.24, 2.45) is 0 Å². The Morgan fingerprint density at radius 3 is 2.75 bits per heavy atom. The van der Waals surface area contributed by atoms with Crippen LogP contribution in [0.2, 0.25) is 0 Å². The van der Waals surface area contributed by atoms with E-state index in [1.165, 1.54) is 0 Å². The molecule has 0 saturated heterocycles. The van der Waals surface area contributed by atoms with Crippen molar-refractivity contribution in [2.75, 3.05) is 7.11 Å². The second kappa shape index (κ2) is 5.16. The lowest BCUT2D eigenvalue weighted by molar-refractivity contribution is 0.0592. The van der Waals surface area contributed by atoms with E-state index in [-0.39, 0.29) is 14.8 Å². The molecule has 0 aliphatic rings. The Balaban J connectivity index is 3.45. The Labute approximate surface area is 103 Å². The number of aromatic nitrogens is 1. The maximum Gasteiger partial charge on any atom is 0.357 e. The molecule has 0 amide bonds. The maximum absolute atomic E-state index is 12.7. The summed E-state index contributed by atoms with van der Waals surface area (Å²) in [4.78, 5) is 14.8. The lowest BCUT2D eigenvalue weighted by Gasteiger charge is -2.08. The Hall–Kier alpha value is -1.30. The third-order valence-electron chi connectivity index (χ3n) is 1.77. The zero-order valence-corrected chi connectivity index (χ0v) is 10.2. The second-order valence-corrected chi connectivity index (χ2v) is 3.73. The fourth-order valence-corrected chi connectivity index (χ4v) is 1.93. The van der Waals surface area contributed by atoms with Crippen LogP contribution >= 0.6 is 22.6 Å². The predicted molar refractivity (Wildman–Crippen MR) is 58.0 cm³/mol. The predicted octanol–water partition coefficient (Wildman–Crippen LogP) is 2.28. The third-order valence-corrected chi connectivity index (χ3v) is 2.87. The van der Waals surface area contributed by atoms with Gasteiger partial charge in [0, 0.05) is 6.20 Å². The van der Waals surface area contributed by atoms with Gasteiger partial charge in [-0.15, -0.1) is 0 Å². The highest BCUT2D eigenvalue weighted by Crippen LogP contribution is 2.29. The van der Waals surface area contributed by atoms with Crippen LogP contribution in [0.3, 0.4) is 0 Å². The molecule has 1 heterocycles. The molecule has 16 heavy (non-hydrogen) atoms. The number of rotatable bonds is 2. The molecule has 4 nitrogen and oxygen atoms in total. The standard InChI is InChI=1S/C9H5F2IN2O2/c1-16-9(15)7-6(12)5(8(10)11)4(2-13)3-14-7/h3,8H,1H3. The Morgan fingerprint density at radius 2 is 2.31 bits per heavy atom. The minimum atomic E-state index is -2.84. The lowest BCUT2D eigenvalue weighted by Crippen LogP contribution is -2.10. The van der Waals surface area contributed by atoms with Gasteiger partial charge < -0.3 is 4.74 Å². The number of nitriles is 1. The number of methoxy groups -OCH3 is 1. The number of alkyl halides is 2. The van der Waals surface area contributed by atoms with E-state index in [4.69, 9.17) is 5.26 Å². The molecule has 7 heteroatoms. The Morgan fingerprint density at radius 1 is 1.69 bits per heavy atom. The van der Waals surface area contributed by atoms with E-state index in [0.29, 0.717) is 0 Å². The van der Waals surface area contributed by atoms with Crippen molar-refractivity contribution in [2.45, 2.75) is 6.43 Å². The van der Waals surface area contributed by atoms with Gasteiger partial charge >= 0.3 is 5.97 Å². The van der Waals surface area contributed by atoms with Gasteiger partial charge in [0.1, 0.15) is 6.07 Å². The highest BCUT2D eigenvalue weighted by atomic mass is 127. The smallest absolute Gasteiger partial charge is 0.357 e. The molecule has 0 bridgehead atoms. The van der Waals surface area contributed by atoms with E-state index in [0.717, 1.165) is 13.3 Å². The van der Waals surface area contributed by atoms with Gasteiger partial charge in [0.25, 0.3) is 6.43 Å². The highest BCUT2D eigenvalue weighted by molar-refractivity contribution is 14.1. The zero-order chi connectivity index (χ0) is 12.3. The fraction of sp³-hybridized carbons (Fsp3) is 0.222. The van der Waals surface area contributed by atoms with Crippen LogP contribution in [0.1, 0.15) is 28.0 Å². The van der Waals surface area contributed by atoms with Gasteiger partial charge in [0.15, 0.2) is 5.69 Å². The second-order valence-electron chi connectivity index (χ2n) is 2.65. The first kappa shape index (κ1) is 12.8. The van der Waals surface area contributed by atoms with Crippen LogP contribution in [0.15, 0.2) is 6.20 Å². The summed E-state index contributed by atoms with van der Waals surface area (Å²) in [5, 5.41) is 8.64. The van der Waals surface area contributed by atoms with Gasteiger partial charge in [-0.3, -0.25) is 0 Å². The largest absolute Gasteiger partial charge is 0.464 e. The van der Waals surface area contributed by atoms with Crippen LogP contribution in [0.5, 0.6) is 0 Å². The summed E-state index contributed by atoms with van der Waals surface area (Å²) in [6, 6.07) is 1.60. The summed E-state index contributed by atoms with van der Waals surface area (Å²) in [6.45, 7) is 0. The monoisotopic (exact) mass is 338 g/mol. The van der Waals surface area contributed by atoms with Gasteiger partial charge in [-0.1, -0.05) is 0 Å². The minimum absolute atomic E-state index is 0.0569. The molecule has 0 spiro atoms. The number of ether oxygens (including phenoxy) is 1. The Bertz CT molecular complexity index is 471. The van der Waals surface area contributed by atoms with Crippen LogP contribution in [-0.4, -0.2) is 18.1 Å². The van der Waals surface area contributed by atoms with Crippen LogP contribution in [0.25, 0.3) is 0 Å². The molecule has 0 aliphatic heterocycles. The number of hydrogen-bond acceptors (Lipinski definition) is 4. The zero-order valence-electron chi connectivity index (χ0n) is 8.00. The lowest BCUT2D eigenvalue weighted by atomic mass is 10.1. The quantitative estimate of drug-likeness (QED) is 0.613. The van der Waals surface area contributed by atoms with Crippen LogP contribution in [0, 0.1) is 14.9 Å². The number of pyridine rings is 1. The Kier molecular flexibility index (Phi) is 4.12. The van der Waals surface area contributed by atoms with E-state index in [9.17, 15) is 13.6 Å². The maximum atomic E-state index is 12.7. The molecular formula is C9H5F2IN2O2. The van der Waals surface area contributed by atoms with E-state index in [2.05, 4.69) is 9.72 Å². The molecule has 0 unspecified atom stereocenters. The molecular weight excluding hydrogens is 333 g/mol. The van der Waals surface area contributed by atoms with E-state index in [1.54, 1.807) is 28.7 Å². The molecule has 0 N–H and O–H groups in total. The molecule has 0 saturated carbocycles. The van der Waals surface area contributed by atoms with Crippen molar-refractivity contribution in [3.05, 3.63) is 26.6 Å². The topological polar surface area (TPSA) is 63.0 Å². The van der Waals surface area contributed by atoms with Crippen molar-refractivity contribution >= 4 is 28.6 Å². The number of nitrogens with zero attached hydrogens (tertiary/aromatic N) is 2. The number of carbonyl (C=O) groups excluding carboxylic acids is 1. The first-order chi connectivity index (χ1) is 7.52. The van der Waals surface area contributed by atoms with E-state index < -0.39 is 18.0 Å². The molecule has 0 radical (unpaired) electrons. The fourth-order valence-electron chi connectivity index (χ4n) is 1.04. The van der Waals surface area contributed by atoms with Gasteiger partial charge in [0.2, 0.25) is 0 Å². The summed E-state index contributed by atoms with van der Waals surface area (Å²) in [6.07, 6.45) is -1.90. The number of hydrogen-bond donors (Lipinski definition) is 0. The molecule has 1 aromatic heterocycles. The normalized spacial score (nSPS) is 10.0. The average molecular weight is 338 g/mol. The van der Waals surface area contributed by atoms with Gasteiger partial charge in [-0.25, -0.2) is 18.6 Å². The van der Waals surface area contributed by atoms with Gasteiger partial charge in [-0.05, 0) is 22.6 Å². The third kappa shape index (κ3) is 2.27. The first-order valence-corrected chi connectivity index (χ1v) is 5.05. The molecule has 0 fully saturated rings. The molecule has 0 aliphatic carbocycles. The van der Waals surface area contributed by atoms with Crippen molar-refractivity contribution in [3.8, 4) is 6.07 Å². The van der Waals surface area contributed by atoms with Crippen molar-refractivity contribution in [3.63, 3.8) is 0 Å². The number of esters is 1. The molecule has 1 rings (SSSR count). The summed E-state index contributed by atoms with van der Waals surface area (Å²) < 4.78 is 29.7. The molecule has 1 aromatic rings. The van der Waals surface area contributed by atoms with Crippen LogP contribution in [-0.2, 0) is 4.74 Å². The van der Waals surface area contributed by atoms with Crippen LogP contribution in [0.4, 0.5) is 8.78 Å². The van der Waals surface area contributed by atoms with E-state index >= 15 is 0 Å².